The molecule has 0 saturated heterocycles. The third kappa shape index (κ3) is 4.85. The van der Waals surface area contributed by atoms with Gasteiger partial charge >= 0.3 is 0 Å². The molecule has 2 rings (SSSR count). The number of amides is 1. The van der Waals surface area contributed by atoms with E-state index in [-0.39, 0.29) is 29.9 Å². The van der Waals surface area contributed by atoms with Crippen LogP contribution in [-0.2, 0) is 0 Å². The van der Waals surface area contributed by atoms with Gasteiger partial charge in [0, 0.05) is 13.2 Å². The Morgan fingerprint density at radius 1 is 1.35 bits per heavy atom. The third-order valence-corrected chi connectivity index (χ3v) is 3.60. The highest BCUT2D eigenvalue weighted by molar-refractivity contribution is 5.91. The van der Waals surface area contributed by atoms with Crippen molar-refractivity contribution in [2.45, 2.75) is 26.2 Å². The van der Waals surface area contributed by atoms with E-state index >= 15 is 0 Å². The first-order chi connectivity index (χ1) is 11.1. The van der Waals surface area contributed by atoms with Crippen molar-refractivity contribution in [3.63, 3.8) is 0 Å². The van der Waals surface area contributed by atoms with Crippen LogP contribution < -0.4 is 5.32 Å². The van der Waals surface area contributed by atoms with Gasteiger partial charge in [0.25, 0.3) is 5.91 Å². The second-order valence-corrected chi connectivity index (χ2v) is 5.40. The number of benzene rings is 1. The fraction of sp³-hybridized carbons (Fsp3) is 0.438. The highest BCUT2D eigenvalue weighted by atomic mass is 19.1. The van der Waals surface area contributed by atoms with Gasteiger partial charge in [0.15, 0.2) is 5.69 Å². The van der Waals surface area contributed by atoms with Crippen molar-refractivity contribution in [1.29, 1.82) is 0 Å². The minimum atomic E-state index is -0.335. The molecule has 124 valence electrons. The lowest BCUT2D eigenvalue weighted by molar-refractivity contribution is 0.0938. The van der Waals surface area contributed by atoms with E-state index in [2.05, 4.69) is 22.6 Å². The highest BCUT2D eigenvalue weighted by Crippen LogP contribution is 2.10. The molecular formula is C16H21FN4O2. The van der Waals surface area contributed by atoms with Gasteiger partial charge in [-0.25, -0.2) is 9.07 Å². The number of nitrogens with zero attached hydrogens (tertiary/aromatic N) is 3. The van der Waals surface area contributed by atoms with Crippen molar-refractivity contribution in [2.75, 3.05) is 13.2 Å². The summed E-state index contributed by atoms with van der Waals surface area (Å²) in [6, 6.07) is 5.76. The molecule has 0 aliphatic rings. The molecule has 0 bridgehead atoms. The third-order valence-electron chi connectivity index (χ3n) is 3.60. The Morgan fingerprint density at radius 2 is 2.09 bits per heavy atom. The molecule has 2 N–H and O–H groups in total. The van der Waals surface area contributed by atoms with Crippen LogP contribution in [0.3, 0.4) is 0 Å². The van der Waals surface area contributed by atoms with Gasteiger partial charge in [0.05, 0.1) is 11.9 Å². The number of rotatable bonds is 8. The molecular weight excluding hydrogens is 299 g/mol. The second kappa shape index (κ2) is 8.38. The van der Waals surface area contributed by atoms with Gasteiger partial charge in [0.1, 0.15) is 5.82 Å². The maximum atomic E-state index is 12.9. The zero-order valence-corrected chi connectivity index (χ0v) is 13.1. The number of aromatic nitrogens is 3. The number of carbonyl (C=O) groups is 1. The Morgan fingerprint density at radius 3 is 2.74 bits per heavy atom. The van der Waals surface area contributed by atoms with Crippen molar-refractivity contribution in [2.24, 2.45) is 5.92 Å². The molecule has 7 heteroatoms. The van der Waals surface area contributed by atoms with E-state index in [4.69, 9.17) is 5.11 Å². The van der Waals surface area contributed by atoms with Gasteiger partial charge in [-0.15, -0.1) is 5.10 Å². The first-order valence-corrected chi connectivity index (χ1v) is 7.71. The summed E-state index contributed by atoms with van der Waals surface area (Å²) in [6.45, 7) is 2.68. The van der Waals surface area contributed by atoms with Crippen molar-refractivity contribution in [3.05, 3.63) is 42.0 Å². The number of carbonyl (C=O) groups excluding carboxylic acids is 1. The van der Waals surface area contributed by atoms with Gasteiger partial charge in [-0.1, -0.05) is 18.6 Å². The Hall–Kier alpha value is -2.28. The lowest BCUT2D eigenvalue weighted by atomic mass is 10.0. The monoisotopic (exact) mass is 320 g/mol. The fourth-order valence-corrected chi connectivity index (χ4v) is 2.35. The Labute approximate surface area is 134 Å². The molecule has 0 radical (unpaired) electrons. The van der Waals surface area contributed by atoms with Crippen LogP contribution in [0.2, 0.25) is 0 Å². The first kappa shape index (κ1) is 17.1. The van der Waals surface area contributed by atoms with Gasteiger partial charge in [-0.2, -0.15) is 0 Å². The maximum absolute atomic E-state index is 12.9. The molecule has 1 atom stereocenters. The van der Waals surface area contributed by atoms with Gasteiger partial charge in [-0.3, -0.25) is 4.79 Å². The van der Waals surface area contributed by atoms with Crippen LogP contribution in [0.15, 0.2) is 30.5 Å². The van der Waals surface area contributed by atoms with Crippen LogP contribution in [0, 0.1) is 11.7 Å². The van der Waals surface area contributed by atoms with Crippen LogP contribution in [0.1, 0.15) is 36.7 Å². The topological polar surface area (TPSA) is 80.0 Å². The Balaban J connectivity index is 1.96. The lowest BCUT2D eigenvalue weighted by Gasteiger charge is -2.14. The summed E-state index contributed by atoms with van der Waals surface area (Å²) in [4.78, 5) is 12.1. The standard InChI is InChI=1S/C16H21FN4O2/c1-2-3-12(8-9-22)10-18-16(23)15-11-21(20-19-15)14-6-4-13(17)5-7-14/h4-7,11-12,22H,2-3,8-10H2,1H3,(H,18,23). The summed E-state index contributed by atoms with van der Waals surface area (Å²) in [5, 5.41) is 19.6. The molecule has 1 unspecified atom stereocenters. The number of hydrogen-bond acceptors (Lipinski definition) is 4. The minimum absolute atomic E-state index is 0.112. The SMILES string of the molecule is CCCC(CCO)CNC(=O)c1cn(-c2ccc(F)cc2)nn1. The summed E-state index contributed by atoms with van der Waals surface area (Å²) < 4.78 is 14.3. The number of aliphatic hydroxyl groups excluding tert-OH is 1. The molecule has 0 saturated carbocycles. The Kier molecular flexibility index (Phi) is 6.22. The molecule has 1 aromatic heterocycles. The van der Waals surface area contributed by atoms with Crippen LogP contribution in [0.4, 0.5) is 4.39 Å². The predicted molar refractivity (Wildman–Crippen MR) is 83.8 cm³/mol. The highest BCUT2D eigenvalue weighted by Gasteiger charge is 2.14. The zero-order chi connectivity index (χ0) is 16.7. The molecule has 0 aliphatic carbocycles. The average molecular weight is 320 g/mol. The van der Waals surface area contributed by atoms with Crippen LogP contribution >= 0.6 is 0 Å². The second-order valence-electron chi connectivity index (χ2n) is 5.40. The average Bonchev–Trinajstić information content (AvgIpc) is 3.03. The van der Waals surface area contributed by atoms with Crippen LogP contribution in [0.5, 0.6) is 0 Å². The summed E-state index contributed by atoms with van der Waals surface area (Å²) in [5.74, 6) is -0.392. The van der Waals surface area contributed by atoms with Gasteiger partial charge in [0.2, 0.25) is 0 Å². The largest absolute Gasteiger partial charge is 0.396 e. The first-order valence-electron chi connectivity index (χ1n) is 7.71. The minimum Gasteiger partial charge on any atom is -0.396 e. The van der Waals surface area contributed by atoms with Gasteiger partial charge in [-0.05, 0) is 43.0 Å². The molecule has 0 fully saturated rings. The number of hydrogen-bond donors (Lipinski definition) is 2. The lowest BCUT2D eigenvalue weighted by Crippen LogP contribution is -2.30. The fourth-order valence-electron chi connectivity index (χ4n) is 2.35. The maximum Gasteiger partial charge on any atom is 0.273 e. The van der Waals surface area contributed by atoms with Crippen molar-refractivity contribution in [1.82, 2.24) is 20.3 Å². The van der Waals surface area contributed by atoms with E-state index in [1.165, 1.54) is 23.0 Å². The van der Waals surface area contributed by atoms with Crippen LogP contribution in [0.25, 0.3) is 5.69 Å². The van der Waals surface area contributed by atoms with E-state index in [1.54, 1.807) is 12.1 Å². The van der Waals surface area contributed by atoms with E-state index in [9.17, 15) is 9.18 Å². The van der Waals surface area contributed by atoms with E-state index in [0.29, 0.717) is 18.7 Å². The van der Waals surface area contributed by atoms with Crippen molar-refractivity contribution < 1.29 is 14.3 Å². The number of aliphatic hydroxyl groups is 1. The smallest absolute Gasteiger partial charge is 0.273 e. The zero-order valence-electron chi connectivity index (χ0n) is 13.1. The van der Waals surface area contributed by atoms with E-state index in [1.807, 2.05) is 0 Å². The van der Waals surface area contributed by atoms with E-state index < -0.39 is 0 Å². The summed E-state index contributed by atoms with van der Waals surface area (Å²) in [6.07, 6.45) is 4.12. The molecule has 1 aromatic carbocycles. The summed E-state index contributed by atoms with van der Waals surface area (Å²) in [7, 11) is 0. The summed E-state index contributed by atoms with van der Waals surface area (Å²) in [5.41, 5.74) is 0.829. The van der Waals surface area contributed by atoms with Crippen LogP contribution in [-0.4, -0.2) is 39.2 Å². The quantitative estimate of drug-likeness (QED) is 0.779. The predicted octanol–water partition coefficient (Wildman–Crippen LogP) is 1.93. The molecule has 1 amide bonds. The normalized spacial score (nSPS) is 12.1. The molecule has 2 aromatic rings. The van der Waals surface area contributed by atoms with E-state index in [0.717, 1.165) is 12.8 Å². The molecule has 1 heterocycles. The molecule has 23 heavy (non-hydrogen) atoms. The summed E-state index contributed by atoms with van der Waals surface area (Å²) >= 11 is 0. The molecule has 0 spiro atoms. The number of halogens is 1. The van der Waals surface area contributed by atoms with Gasteiger partial charge < -0.3 is 10.4 Å². The van der Waals surface area contributed by atoms with Crippen molar-refractivity contribution >= 4 is 5.91 Å². The van der Waals surface area contributed by atoms with Crippen molar-refractivity contribution in [3.8, 4) is 5.69 Å². The Bertz CT molecular complexity index is 621. The molecule has 0 aliphatic heterocycles. The molecule has 6 nitrogen and oxygen atoms in total. The number of nitrogens with one attached hydrogen (secondary N) is 1.